The lowest BCUT2D eigenvalue weighted by molar-refractivity contribution is -0.150. The van der Waals surface area contributed by atoms with Gasteiger partial charge < -0.3 is 19.1 Å². The normalized spacial score (nSPS) is 23.4. The molecule has 1 fully saturated rings. The van der Waals surface area contributed by atoms with Gasteiger partial charge in [-0.15, -0.1) is 0 Å². The van der Waals surface area contributed by atoms with Crippen molar-refractivity contribution in [1.82, 2.24) is 10.1 Å². The van der Waals surface area contributed by atoms with Crippen molar-refractivity contribution in [1.29, 1.82) is 0 Å². The number of nitrogens with zero attached hydrogens (tertiary/aromatic N) is 2. The van der Waals surface area contributed by atoms with Gasteiger partial charge in [0.1, 0.15) is 12.7 Å². The average Bonchev–Trinajstić information content (AvgIpc) is 2.97. The first-order chi connectivity index (χ1) is 8.70. The summed E-state index contributed by atoms with van der Waals surface area (Å²) in [5.74, 6) is -0.168. The minimum Gasteiger partial charge on any atom is -0.479 e. The number of hydrogen-bond donors (Lipinski definition) is 1. The Morgan fingerprint density at radius 3 is 3.06 bits per heavy atom. The number of carboxylic acids is 1. The maximum atomic E-state index is 10.7. The topological polar surface area (TPSA) is 94.7 Å². The number of aliphatic carboxylic acids is 1. The molecule has 2 unspecified atom stereocenters. The third-order valence-electron chi connectivity index (χ3n) is 2.63. The lowest BCUT2D eigenvalue weighted by Crippen LogP contribution is -2.18. The third-order valence-corrected chi connectivity index (χ3v) is 2.63. The Kier molecular flexibility index (Phi) is 4.27. The number of aromatic nitrogens is 2. The highest BCUT2D eigenvalue weighted by Crippen LogP contribution is 2.31. The fraction of sp³-hybridized carbons (Fsp3) is 0.727. The van der Waals surface area contributed by atoms with E-state index in [0.717, 1.165) is 6.42 Å². The van der Waals surface area contributed by atoms with Crippen molar-refractivity contribution >= 4 is 5.97 Å². The molecule has 7 nitrogen and oxygen atoms in total. The quantitative estimate of drug-likeness (QED) is 0.766. The van der Waals surface area contributed by atoms with Crippen LogP contribution in [0.5, 0.6) is 0 Å². The molecule has 1 aromatic rings. The summed E-state index contributed by atoms with van der Waals surface area (Å²) in [6.45, 7) is 2.96. The standard InChI is InChI=1S/C11H16N2O5/c1-2-5-16-6-9-12-10(18-13-9)7-3-4-8(17-7)11(14)15/h7-8H,2-6H2,1H3,(H,14,15). The van der Waals surface area contributed by atoms with Gasteiger partial charge >= 0.3 is 5.97 Å². The Bertz CT molecular complexity index is 406. The van der Waals surface area contributed by atoms with E-state index in [4.69, 9.17) is 19.1 Å². The molecule has 2 rings (SSSR count). The van der Waals surface area contributed by atoms with Crippen LogP contribution >= 0.6 is 0 Å². The lowest BCUT2D eigenvalue weighted by atomic mass is 10.2. The van der Waals surface area contributed by atoms with Gasteiger partial charge in [0.2, 0.25) is 0 Å². The highest BCUT2D eigenvalue weighted by atomic mass is 16.6. The molecule has 1 aliphatic rings. The van der Waals surface area contributed by atoms with Gasteiger partial charge in [-0.3, -0.25) is 0 Å². The second-order valence-electron chi connectivity index (χ2n) is 4.13. The van der Waals surface area contributed by atoms with E-state index < -0.39 is 18.2 Å². The second kappa shape index (κ2) is 5.92. The molecule has 1 aliphatic heterocycles. The van der Waals surface area contributed by atoms with Crippen LogP contribution in [0.1, 0.15) is 44.0 Å². The number of carboxylic acid groups (broad SMARTS) is 1. The largest absolute Gasteiger partial charge is 0.479 e. The first kappa shape index (κ1) is 13.0. The van der Waals surface area contributed by atoms with Crippen LogP contribution in [0, 0.1) is 0 Å². The summed E-state index contributed by atoms with van der Waals surface area (Å²) in [7, 11) is 0. The molecule has 0 aliphatic carbocycles. The Morgan fingerprint density at radius 2 is 2.39 bits per heavy atom. The Balaban J connectivity index is 1.88. The van der Waals surface area contributed by atoms with Crippen molar-refractivity contribution in [2.45, 2.75) is 45.0 Å². The van der Waals surface area contributed by atoms with Crippen LogP contribution in [0.3, 0.4) is 0 Å². The highest BCUT2D eigenvalue weighted by Gasteiger charge is 2.34. The van der Waals surface area contributed by atoms with Crippen LogP contribution in [0.2, 0.25) is 0 Å². The van der Waals surface area contributed by atoms with Crippen molar-refractivity contribution in [3.8, 4) is 0 Å². The van der Waals surface area contributed by atoms with Gasteiger partial charge in [0, 0.05) is 6.61 Å². The Morgan fingerprint density at radius 1 is 1.56 bits per heavy atom. The van der Waals surface area contributed by atoms with E-state index in [2.05, 4.69) is 10.1 Å². The maximum absolute atomic E-state index is 10.7. The summed E-state index contributed by atoms with van der Waals surface area (Å²) in [6.07, 6.45) is 0.773. The fourth-order valence-corrected chi connectivity index (χ4v) is 1.77. The fourth-order valence-electron chi connectivity index (χ4n) is 1.77. The molecular formula is C11H16N2O5. The predicted molar refractivity (Wildman–Crippen MR) is 58.7 cm³/mol. The molecule has 0 aromatic carbocycles. The van der Waals surface area contributed by atoms with E-state index in [1.165, 1.54) is 0 Å². The monoisotopic (exact) mass is 256 g/mol. The third kappa shape index (κ3) is 3.05. The molecule has 0 saturated carbocycles. The summed E-state index contributed by atoms with van der Waals surface area (Å²) in [6, 6.07) is 0. The van der Waals surface area contributed by atoms with Crippen molar-refractivity contribution < 1.29 is 23.9 Å². The second-order valence-corrected chi connectivity index (χ2v) is 4.13. The Hall–Kier alpha value is -1.47. The van der Waals surface area contributed by atoms with Crippen LogP contribution in [0.4, 0.5) is 0 Å². The number of rotatable bonds is 6. The summed E-state index contributed by atoms with van der Waals surface area (Å²) in [5, 5.41) is 12.6. The van der Waals surface area contributed by atoms with E-state index in [9.17, 15) is 4.79 Å². The minimum absolute atomic E-state index is 0.298. The lowest BCUT2D eigenvalue weighted by Gasteiger charge is -2.05. The van der Waals surface area contributed by atoms with Crippen LogP contribution in [0.15, 0.2) is 4.52 Å². The highest BCUT2D eigenvalue weighted by molar-refractivity contribution is 5.72. The molecular weight excluding hydrogens is 240 g/mol. The molecule has 2 heterocycles. The van der Waals surface area contributed by atoms with Crippen LogP contribution in [-0.2, 0) is 20.9 Å². The number of hydrogen-bond acceptors (Lipinski definition) is 6. The first-order valence-corrected chi connectivity index (χ1v) is 5.99. The van der Waals surface area contributed by atoms with Crippen LogP contribution in [0.25, 0.3) is 0 Å². The van der Waals surface area contributed by atoms with Gasteiger partial charge in [-0.05, 0) is 19.3 Å². The zero-order valence-electron chi connectivity index (χ0n) is 10.2. The molecule has 18 heavy (non-hydrogen) atoms. The van der Waals surface area contributed by atoms with Crippen LogP contribution in [-0.4, -0.2) is 33.9 Å². The maximum Gasteiger partial charge on any atom is 0.332 e. The summed E-state index contributed by atoms with van der Waals surface area (Å²) < 4.78 is 15.6. The summed E-state index contributed by atoms with van der Waals surface area (Å²) in [5.41, 5.74) is 0. The SMILES string of the molecule is CCCOCc1noc(C2CCC(C(=O)O)O2)n1. The molecule has 1 aromatic heterocycles. The van der Waals surface area contributed by atoms with E-state index in [-0.39, 0.29) is 0 Å². The van der Waals surface area contributed by atoms with E-state index in [1.807, 2.05) is 6.92 Å². The summed E-state index contributed by atoms with van der Waals surface area (Å²) in [4.78, 5) is 14.9. The van der Waals surface area contributed by atoms with E-state index in [0.29, 0.717) is 37.8 Å². The first-order valence-electron chi connectivity index (χ1n) is 5.99. The van der Waals surface area contributed by atoms with Crippen molar-refractivity contribution in [2.24, 2.45) is 0 Å². The molecule has 0 radical (unpaired) electrons. The van der Waals surface area contributed by atoms with Gasteiger partial charge in [-0.2, -0.15) is 4.98 Å². The van der Waals surface area contributed by atoms with Crippen molar-refractivity contribution in [3.63, 3.8) is 0 Å². The molecule has 7 heteroatoms. The van der Waals surface area contributed by atoms with Gasteiger partial charge in [-0.25, -0.2) is 4.79 Å². The molecule has 100 valence electrons. The average molecular weight is 256 g/mol. The number of carbonyl (C=O) groups is 1. The van der Waals surface area contributed by atoms with E-state index >= 15 is 0 Å². The predicted octanol–water partition coefficient (Wildman–Crippen LogP) is 1.30. The minimum atomic E-state index is -0.955. The van der Waals surface area contributed by atoms with Gasteiger partial charge in [0.25, 0.3) is 5.89 Å². The zero-order chi connectivity index (χ0) is 13.0. The number of ether oxygens (including phenoxy) is 2. The van der Waals surface area contributed by atoms with Gasteiger partial charge in [-0.1, -0.05) is 12.1 Å². The molecule has 0 amide bonds. The van der Waals surface area contributed by atoms with Crippen molar-refractivity contribution in [3.05, 3.63) is 11.7 Å². The summed E-state index contributed by atoms with van der Waals surface area (Å²) >= 11 is 0. The molecule has 0 spiro atoms. The van der Waals surface area contributed by atoms with Crippen molar-refractivity contribution in [2.75, 3.05) is 6.61 Å². The molecule has 1 N–H and O–H groups in total. The molecule has 0 bridgehead atoms. The Labute approximate surface area is 104 Å². The van der Waals surface area contributed by atoms with Gasteiger partial charge in [0.05, 0.1) is 0 Å². The molecule has 2 atom stereocenters. The zero-order valence-corrected chi connectivity index (χ0v) is 10.2. The smallest absolute Gasteiger partial charge is 0.332 e. The molecule has 1 saturated heterocycles. The van der Waals surface area contributed by atoms with Gasteiger partial charge in [0.15, 0.2) is 11.9 Å². The van der Waals surface area contributed by atoms with Crippen LogP contribution < -0.4 is 0 Å². The van der Waals surface area contributed by atoms with E-state index in [1.54, 1.807) is 0 Å².